The molecule has 0 spiro atoms. The van der Waals surface area contributed by atoms with E-state index in [1.807, 2.05) is 29.0 Å². The number of fused-ring (bicyclic) bond motifs is 3. The molecule has 1 aromatic heterocycles. The topological polar surface area (TPSA) is 40.5 Å². The molecule has 2 heterocycles. The molecule has 0 unspecified atom stereocenters. The molecule has 0 N–H and O–H groups in total. The summed E-state index contributed by atoms with van der Waals surface area (Å²) in [7, 11) is -0.435. The number of benzene rings is 1. The third kappa shape index (κ3) is 2.70. The predicted octanol–water partition coefficient (Wildman–Crippen LogP) is 3.66. The third-order valence-electron chi connectivity index (χ3n) is 7.42. The molecule has 27 heavy (non-hydrogen) atoms. The van der Waals surface area contributed by atoms with Crippen LogP contribution < -0.4 is 11.0 Å². The molecule has 3 saturated carbocycles. The molecular weight excluding hydrogens is 337 g/mol. The molecule has 4 nitrogen and oxygen atoms in total. The minimum Gasteiger partial charge on any atom is -0.399 e. The molecule has 4 aliphatic rings. The van der Waals surface area contributed by atoms with Gasteiger partial charge in [-0.15, -0.1) is 0 Å². The molecule has 0 radical (unpaired) electrons. The summed E-state index contributed by atoms with van der Waals surface area (Å²) < 4.78 is 14.3. The second-order valence-corrected chi connectivity index (χ2v) is 9.79. The SMILES string of the molecule is CC1(C)OB(c2ccc3ccn(C4CC5CC(C5)C4)c(=O)c3c2)OC1(C)C. The van der Waals surface area contributed by atoms with Crippen molar-refractivity contribution >= 4 is 23.4 Å². The Kier molecular flexibility index (Phi) is 3.70. The summed E-state index contributed by atoms with van der Waals surface area (Å²) in [5.74, 6) is 1.65. The average molecular weight is 365 g/mol. The first-order valence-electron chi connectivity index (χ1n) is 10.2. The summed E-state index contributed by atoms with van der Waals surface area (Å²) in [6.07, 6.45) is 7.03. The normalized spacial score (nSPS) is 31.1. The standard InChI is InChI=1S/C22H28BNO3/c1-21(2)22(3,4)27-23(26-21)17-6-5-16-7-8-24(20(25)19(16)13-17)18-11-14-9-15(10-14)12-18/h5-8,13-15,18H,9-12H2,1-4H3. The van der Waals surface area contributed by atoms with Crippen LogP contribution in [0.2, 0.25) is 0 Å². The molecule has 1 aromatic carbocycles. The fourth-order valence-corrected chi connectivity index (χ4v) is 5.04. The van der Waals surface area contributed by atoms with Gasteiger partial charge in [0.1, 0.15) is 0 Å². The van der Waals surface area contributed by atoms with Gasteiger partial charge < -0.3 is 13.9 Å². The van der Waals surface area contributed by atoms with E-state index in [4.69, 9.17) is 9.31 Å². The Labute approximate surface area is 161 Å². The van der Waals surface area contributed by atoms with E-state index in [1.165, 1.54) is 12.8 Å². The molecule has 2 aromatic rings. The molecule has 6 rings (SSSR count). The Hall–Kier alpha value is -1.59. The number of nitrogens with zero attached hydrogens (tertiary/aromatic N) is 1. The van der Waals surface area contributed by atoms with Crippen LogP contribution in [0.5, 0.6) is 0 Å². The van der Waals surface area contributed by atoms with Crippen LogP contribution in [0.25, 0.3) is 10.8 Å². The van der Waals surface area contributed by atoms with Crippen molar-refractivity contribution in [1.29, 1.82) is 0 Å². The van der Waals surface area contributed by atoms with Gasteiger partial charge in [-0.3, -0.25) is 4.79 Å². The monoisotopic (exact) mass is 365 g/mol. The Balaban J connectivity index is 1.51. The van der Waals surface area contributed by atoms with E-state index in [9.17, 15) is 4.79 Å². The quantitative estimate of drug-likeness (QED) is 0.763. The van der Waals surface area contributed by atoms with Crippen LogP contribution in [0.3, 0.4) is 0 Å². The van der Waals surface area contributed by atoms with Crippen molar-refractivity contribution in [3.63, 3.8) is 0 Å². The van der Waals surface area contributed by atoms with E-state index in [2.05, 4.69) is 33.8 Å². The van der Waals surface area contributed by atoms with Crippen LogP contribution >= 0.6 is 0 Å². The summed E-state index contributed by atoms with van der Waals surface area (Å²) in [5.41, 5.74) is 0.277. The lowest BCUT2D eigenvalue weighted by Gasteiger charge is -2.45. The Morgan fingerprint density at radius 3 is 2.22 bits per heavy atom. The first-order chi connectivity index (χ1) is 12.7. The lowest BCUT2D eigenvalue weighted by Crippen LogP contribution is -2.41. The van der Waals surface area contributed by atoms with Crippen LogP contribution in [0, 0.1) is 11.8 Å². The molecule has 4 fully saturated rings. The Bertz CT molecular complexity index is 932. The molecule has 3 aliphatic carbocycles. The zero-order valence-electron chi connectivity index (χ0n) is 16.7. The van der Waals surface area contributed by atoms with Gasteiger partial charge in [0.2, 0.25) is 0 Å². The van der Waals surface area contributed by atoms with Crippen molar-refractivity contribution in [1.82, 2.24) is 4.57 Å². The second-order valence-electron chi connectivity index (χ2n) is 9.79. The van der Waals surface area contributed by atoms with Gasteiger partial charge in [0.05, 0.1) is 11.2 Å². The number of hydrogen-bond donors (Lipinski definition) is 0. The molecule has 0 atom stereocenters. The van der Waals surface area contributed by atoms with Crippen LogP contribution in [0.15, 0.2) is 35.3 Å². The number of hydrogen-bond acceptors (Lipinski definition) is 3. The molecule has 5 heteroatoms. The van der Waals surface area contributed by atoms with E-state index < -0.39 is 7.12 Å². The number of pyridine rings is 1. The predicted molar refractivity (Wildman–Crippen MR) is 108 cm³/mol. The minimum absolute atomic E-state index is 0.122. The van der Waals surface area contributed by atoms with Gasteiger partial charge in [0.15, 0.2) is 0 Å². The maximum absolute atomic E-state index is 13.3. The first-order valence-corrected chi connectivity index (χ1v) is 10.2. The first kappa shape index (κ1) is 17.5. The van der Waals surface area contributed by atoms with Crippen molar-refractivity contribution in [2.45, 2.75) is 70.6 Å². The number of rotatable bonds is 2. The van der Waals surface area contributed by atoms with Gasteiger partial charge in [-0.1, -0.05) is 12.1 Å². The van der Waals surface area contributed by atoms with Crippen LogP contribution in [0.4, 0.5) is 0 Å². The average Bonchev–Trinajstić information content (AvgIpc) is 2.82. The van der Waals surface area contributed by atoms with Crippen LogP contribution in [-0.4, -0.2) is 22.9 Å². The van der Waals surface area contributed by atoms with Gasteiger partial charge in [0, 0.05) is 17.6 Å². The van der Waals surface area contributed by atoms with Crippen molar-refractivity contribution in [3.8, 4) is 0 Å². The fraction of sp³-hybridized carbons (Fsp3) is 0.591. The van der Waals surface area contributed by atoms with Gasteiger partial charge in [-0.05, 0) is 88.2 Å². The molecular formula is C22H28BNO3. The highest BCUT2D eigenvalue weighted by Crippen LogP contribution is 2.49. The van der Waals surface area contributed by atoms with E-state index in [0.717, 1.165) is 40.9 Å². The van der Waals surface area contributed by atoms with E-state index >= 15 is 0 Å². The van der Waals surface area contributed by atoms with E-state index in [0.29, 0.717) is 6.04 Å². The summed E-state index contributed by atoms with van der Waals surface area (Å²) in [6.45, 7) is 8.20. The van der Waals surface area contributed by atoms with Crippen molar-refractivity contribution in [2.24, 2.45) is 11.8 Å². The van der Waals surface area contributed by atoms with Crippen molar-refractivity contribution in [2.75, 3.05) is 0 Å². The summed E-state index contributed by atoms with van der Waals surface area (Å²) in [6, 6.07) is 8.44. The number of aromatic nitrogens is 1. The maximum atomic E-state index is 13.3. The highest BCUT2D eigenvalue weighted by atomic mass is 16.7. The van der Waals surface area contributed by atoms with E-state index in [-0.39, 0.29) is 16.8 Å². The van der Waals surface area contributed by atoms with Crippen molar-refractivity contribution < 1.29 is 9.31 Å². The second kappa shape index (κ2) is 5.71. The smallest absolute Gasteiger partial charge is 0.399 e. The van der Waals surface area contributed by atoms with Gasteiger partial charge in [0.25, 0.3) is 5.56 Å². The lowest BCUT2D eigenvalue weighted by atomic mass is 9.63. The van der Waals surface area contributed by atoms with Crippen molar-refractivity contribution in [3.05, 3.63) is 40.8 Å². The molecule has 142 valence electrons. The van der Waals surface area contributed by atoms with Crippen LogP contribution in [0.1, 0.15) is 59.4 Å². The molecule has 0 amide bonds. The Morgan fingerprint density at radius 2 is 1.59 bits per heavy atom. The summed E-state index contributed by atoms with van der Waals surface area (Å²) in [5, 5.41) is 1.75. The van der Waals surface area contributed by atoms with Gasteiger partial charge >= 0.3 is 7.12 Å². The largest absolute Gasteiger partial charge is 0.494 e. The summed E-state index contributed by atoms with van der Waals surface area (Å²) in [4.78, 5) is 13.3. The third-order valence-corrected chi connectivity index (χ3v) is 7.42. The lowest BCUT2D eigenvalue weighted by molar-refractivity contribution is 0.00578. The molecule has 1 aliphatic heterocycles. The summed E-state index contributed by atoms with van der Waals surface area (Å²) >= 11 is 0. The van der Waals surface area contributed by atoms with E-state index in [1.54, 1.807) is 0 Å². The zero-order valence-corrected chi connectivity index (χ0v) is 16.7. The fourth-order valence-electron chi connectivity index (χ4n) is 5.04. The van der Waals surface area contributed by atoms with Gasteiger partial charge in [-0.2, -0.15) is 0 Å². The highest BCUT2D eigenvalue weighted by Gasteiger charge is 2.51. The van der Waals surface area contributed by atoms with Crippen LogP contribution in [-0.2, 0) is 9.31 Å². The van der Waals surface area contributed by atoms with Gasteiger partial charge in [-0.25, -0.2) is 0 Å². The zero-order chi connectivity index (χ0) is 19.0. The highest BCUT2D eigenvalue weighted by molar-refractivity contribution is 6.62. The minimum atomic E-state index is -0.435. The maximum Gasteiger partial charge on any atom is 0.494 e. The molecule has 2 bridgehead atoms. The molecule has 1 saturated heterocycles. The Morgan fingerprint density at radius 1 is 0.963 bits per heavy atom.